The second-order valence-electron chi connectivity index (χ2n) is 4.83. The van der Waals surface area contributed by atoms with Crippen molar-refractivity contribution in [1.29, 1.82) is 0 Å². The summed E-state index contributed by atoms with van der Waals surface area (Å²) in [6, 6.07) is 2.02. The fourth-order valence-electron chi connectivity index (χ4n) is 2.60. The highest BCUT2D eigenvalue weighted by molar-refractivity contribution is 5.43. The SMILES string of the molecule is Cc1cc(-n2cnc3c2CCCC3)c(CO)cn1. The van der Waals surface area contributed by atoms with E-state index in [1.54, 1.807) is 6.20 Å². The molecule has 0 spiro atoms. The molecule has 0 saturated carbocycles. The van der Waals surface area contributed by atoms with E-state index in [4.69, 9.17) is 0 Å². The lowest BCUT2D eigenvalue weighted by molar-refractivity contribution is 0.281. The van der Waals surface area contributed by atoms with Gasteiger partial charge in [-0.1, -0.05) is 0 Å². The van der Waals surface area contributed by atoms with Gasteiger partial charge in [-0.3, -0.25) is 4.98 Å². The summed E-state index contributed by atoms with van der Waals surface area (Å²) in [6.45, 7) is 1.98. The lowest BCUT2D eigenvalue weighted by atomic mass is 10.0. The van der Waals surface area contributed by atoms with Gasteiger partial charge in [0.1, 0.15) is 0 Å². The summed E-state index contributed by atoms with van der Waals surface area (Å²) >= 11 is 0. The van der Waals surface area contributed by atoms with Gasteiger partial charge >= 0.3 is 0 Å². The summed E-state index contributed by atoms with van der Waals surface area (Å²) in [4.78, 5) is 8.74. The second-order valence-corrected chi connectivity index (χ2v) is 4.83. The minimum absolute atomic E-state index is 0.00949. The Labute approximate surface area is 106 Å². The van der Waals surface area contributed by atoms with Crippen LogP contribution in [-0.2, 0) is 19.4 Å². The van der Waals surface area contributed by atoms with Crippen molar-refractivity contribution in [2.45, 2.75) is 39.2 Å². The number of fused-ring (bicyclic) bond motifs is 1. The van der Waals surface area contributed by atoms with Crippen LogP contribution in [0.25, 0.3) is 5.69 Å². The quantitative estimate of drug-likeness (QED) is 0.877. The highest BCUT2D eigenvalue weighted by Crippen LogP contribution is 2.25. The molecular weight excluding hydrogens is 226 g/mol. The molecule has 0 aliphatic heterocycles. The van der Waals surface area contributed by atoms with E-state index < -0.39 is 0 Å². The number of hydrogen-bond acceptors (Lipinski definition) is 3. The second kappa shape index (κ2) is 4.53. The van der Waals surface area contributed by atoms with Gasteiger partial charge in [-0.15, -0.1) is 0 Å². The zero-order valence-electron chi connectivity index (χ0n) is 10.6. The van der Waals surface area contributed by atoms with E-state index in [1.165, 1.54) is 24.2 Å². The molecule has 0 aromatic carbocycles. The van der Waals surface area contributed by atoms with E-state index in [1.807, 2.05) is 19.3 Å². The topological polar surface area (TPSA) is 50.9 Å². The van der Waals surface area contributed by atoms with Crippen LogP contribution in [0.15, 0.2) is 18.6 Å². The number of imidazole rings is 1. The number of aryl methyl sites for hydroxylation is 2. The first-order chi connectivity index (χ1) is 8.79. The van der Waals surface area contributed by atoms with Crippen molar-refractivity contribution in [3.63, 3.8) is 0 Å². The van der Waals surface area contributed by atoms with E-state index in [2.05, 4.69) is 14.5 Å². The molecule has 0 fully saturated rings. The first-order valence-electron chi connectivity index (χ1n) is 6.41. The standard InChI is InChI=1S/C14H17N3O/c1-10-6-14(11(8-18)7-15-10)17-9-16-12-4-2-3-5-13(12)17/h6-7,9,18H,2-5,8H2,1H3. The number of aliphatic hydroxyl groups excluding tert-OH is 1. The summed E-state index contributed by atoms with van der Waals surface area (Å²) in [5.74, 6) is 0. The minimum Gasteiger partial charge on any atom is -0.392 e. The molecule has 0 unspecified atom stereocenters. The molecule has 94 valence electrons. The van der Waals surface area contributed by atoms with Crippen molar-refractivity contribution < 1.29 is 5.11 Å². The highest BCUT2D eigenvalue weighted by Gasteiger charge is 2.17. The number of aliphatic hydroxyl groups is 1. The summed E-state index contributed by atoms with van der Waals surface area (Å²) in [6.07, 6.45) is 8.22. The number of aromatic nitrogens is 3. The maximum absolute atomic E-state index is 9.44. The molecule has 0 saturated heterocycles. The van der Waals surface area contributed by atoms with Crippen LogP contribution in [-0.4, -0.2) is 19.6 Å². The molecule has 0 radical (unpaired) electrons. The monoisotopic (exact) mass is 243 g/mol. The van der Waals surface area contributed by atoms with E-state index in [9.17, 15) is 5.11 Å². The first-order valence-corrected chi connectivity index (χ1v) is 6.41. The van der Waals surface area contributed by atoms with E-state index in [0.29, 0.717) is 0 Å². The van der Waals surface area contributed by atoms with E-state index >= 15 is 0 Å². The Bertz CT molecular complexity index is 574. The molecule has 3 rings (SSSR count). The first kappa shape index (κ1) is 11.4. The van der Waals surface area contributed by atoms with Crippen LogP contribution < -0.4 is 0 Å². The highest BCUT2D eigenvalue weighted by atomic mass is 16.3. The van der Waals surface area contributed by atoms with E-state index in [0.717, 1.165) is 29.8 Å². The number of pyridine rings is 1. The van der Waals surface area contributed by atoms with Crippen LogP contribution in [0.2, 0.25) is 0 Å². The average molecular weight is 243 g/mol. The van der Waals surface area contributed by atoms with Gasteiger partial charge in [-0.05, 0) is 38.7 Å². The molecule has 18 heavy (non-hydrogen) atoms. The van der Waals surface area contributed by atoms with Crippen LogP contribution in [0.4, 0.5) is 0 Å². The number of nitrogens with zero attached hydrogens (tertiary/aromatic N) is 3. The van der Waals surface area contributed by atoms with Crippen molar-refractivity contribution in [3.8, 4) is 5.69 Å². The fraction of sp³-hybridized carbons (Fsp3) is 0.429. The maximum atomic E-state index is 9.44. The third-order valence-electron chi connectivity index (χ3n) is 3.56. The van der Waals surface area contributed by atoms with Crippen molar-refractivity contribution in [3.05, 3.63) is 41.2 Å². The third kappa shape index (κ3) is 1.82. The van der Waals surface area contributed by atoms with Crippen LogP contribution in [0.5, 0.6) is 0 Å². The van der Waals surface area contributed by atoms with Crippen molar-refractivity contribution >= 4 is 0 Å². The lowest BCUT2D eigenvalue weighted by Gasteiger charge is -2.16. The predicted molar refractivity (Wildman–Crippen MR) is 68.7 cm³/mol. The van der Waals surface area contributed by atoms with Crippen LogP contribution in [0, 0.1) is 6.92 Å². The zero-order chi connectivity index (χ0) is 12.5. The number of rotatable bonds is 2. The van der Waals surface area contributed by atoms with E-state index in [-0.39, 0.29) is 6.61 Å². The summed E-state index contributed by atoms with van der Waals surface area (Å²) in [7, 11) is 0. The Kier molecular flexibility index (Phi) is 2.88. The fourth-order valence-corrected chi connectivity index (χ4v) is 2.60. The van der Waals surface area contributed by atoms with Gasteiger partial charge in [0.15, 0.2) is 0 Å². The molecule has 2 aromatic heterocycles. The van der Waals surface area contributed by atoms with Gasteiger partial charge < -0.3 is 9.67 Å². The zero-order valence-corrected chi connectivity index (χ0v) is 10.6. The Balaban J connectivity index is 2.14. The molecule has 0 bridgehead atoms. The van der Waals surface area contributed by atoms with Gasteiger partial charge in [0.25, 0.3) is 0 Å². The van der Waals surface area contributed by atoms with Gasteiger partial charge in [0.05, 0.1) is 24.3 Å². The maximum Gasteiger partial charge on any atom is 0.0997 e. The summed E-state index contributed by atoms with van der Waals surface area (Å²) < 4.78 is 2.12. The smallest absolute Gasteiger partial charge is 0.0997 e. The molecule has 4 nitrogen and oxygen atoms in total. The predicted octanol–water partition coefficient (Wildman–Crippen LogP) is 1.95. The molecule has 0 atom stereocenters. The van der Waals surface area contributed by atoms with Gasteiger partial charge in [0, 0.05) is 23.1 Å². The van der Waals surface area contributed by atoms with Crippen molar-refractivity contribution in [2.24, 2.45) is 0 Å². The average Bonchev–Trinajstić information content (AvgIpc) is 2.82. The van der Waals surface area contributed by atoms with Crippen LogP contribution in [0.3, 0.4) is 0 Å². The Morgan fingerprint density at radius 1 is 1.28 bits per heavy atom. The molecule has 0 amide bonds. The minimum atomic E-state index is 0.00949. The Hall–Kier alpha value is -1.68. The van der Waals surface area contributed by atoms with Gasteiger partial charge in [-0.25, -0.2) is 4.98 Å². The molecule has 2 aromatic rings. The largest absolute Gasteiger partial charge is 0.392 e. The van der Waals surface area contributed by atoms with Crippen molar-refractivity contribution in [1.82, 2.24) is 14.5 Å². The van der Waals surface area contributed by atoms with Crippen LogP contribution >= 0.6 is 0 Å². The van der Waals surface area contributed by atoms with Crippen LogP contribution in [0.1, 0.15) is 35.5 Å². The van der Waals surface area contributed by atoms with Crippen molar-refractivity contribution in [2.75, 3.05) is 0 Å². The summed E-state index contributed by atoms with van der Waals surface area (Å²) in [5.41, 5.74) is 5.33. The number of hydrogen-bond donors (Lipinski definition) is 1. The lowest BCUT2D eigenvalue weighted by Crippen LogP contribution is -2.09. The molecular formula is C14H17N3O. The molecule has 1 N–H and O–H groups in total. The van der Waals surface area contributed by atoms with Gasteiger partial charge in [0.2, 0.25) is 0 Å². The summed E-state index contributed by atoms with van der Waals surface area (Å²) in [5, 5.41) is 9.44. The Morgan fingerprint density at radius 2 is 2.11 bits per heavy atom. The normalized spacial score (nSPS) is 14.6. The molecule has 4 heteroatoms. The third-order valence-corrected chi connectivity index (χ3v) is 3.56. The Morgan fingerprint density at radius 3 is 2.94 bits per heavy atom. The van der Waals surface area contributed by atoms with Gasteiger partial charge in [-0.2, -0.15) is 0 Å². The molecule has 2 heterocycles. The molecule has 1 aliphatic carbocycles. The molecule has 1 aliphatic rings.